The second kappa shape index (κ2) is 7.39. The van der Waals surface area contributed by atoms with Crippen LogP contribution in [-0.2, 0) is 13.6 Å². The molecule has 0 radical (unpaired) electrons. The van der Waals surface area contributed by atoms with E-state index in [1.807, 2.05) is 27.7 Å². The Hall–Kier alpha value is 0.110. The normalized spacial score (nSPS) is 12.7. The van der Waals surface area contributed by atoms with Crippen LogP contribution in [0.25, 0.3) is 0 Å². The molecule has 0 aromatic carbocycles. The SMILES string of the molecule is CCCOP(=O)(OCCC)N(C)C(C)C. The Bertz CT molecular complexity index is 197. The van der Waals surface area contributed by atoms with Crippen LogP contribution in [0.15, 0.2) is 0 Å². The summed E-state index contributed by atoms with van der Waals surface area (Å²) in [6.07, 6.45) is 1.68. The largest absolute Gasteiger partial charge is 0.408 e. The van der Waals surface area contributed by atoms with Gasteiger partial charge in [0.2, 0.25) is 0 Å². The Morgan fingerprint density at radius 1 is 1.13 bits per heavy atom. The van der Waals surface area contributed by atoms with E-state index >= 15 is 0 Å². The zero-order valence-electron chi connectivity index (χ0n) is 10.5. The molecule has 0 amide bonds. The summed E-state index contributed by atoms with van der Waals surface area (Å²) in [5.41, 5.74) is 0. The van der Waals surface area contributed by atoms with E-state index in [0.29, 0.717) is 13.2 Å². The highest BCUT2D eigenvalue weighted by molar-refractivity contribution is 7.51. The minimum absolute atomic E-state index is 0.143. The zero-order chi connectivity index (χ0) is 11.9. The highest BCUT2D eigenvalue weighted by atomic mass is 31.2. The van der Waals surface area contributed by atoms with Gasteiger partial charge in [-0.25, -0.2) is 9.24 Å². The van der Waals surface area contributed by atoms with E-state index in [-0.39, 0.29) is 6.04 Å². The molecule has 92 valence electrons. The molecule has 0 spiro atoms. The van der Waals surface area contributed by atoms with Gasteiger partial charge in [0.05, 0.1) is 13.2 Å². The van der Waals surface area contributed by atoms with Gasteiger partial charge in [0.15, 0.2) is 0 Å². The summed E-state index contributed by atoms with van der Waals surface area (Å²) in [7, 11) is -1.29. The van der Waals surface area contributed by atoms with Crippen molar-refractivity contribution in [1.29, 1.82) is 0 Å². The molecule has 0 saturated heterocycles. The van der Waals surface area contributed by atoms with Crippen molar-refractivity contribution >= 4 is 7.75 Å². The minimum atomic E-state index is -3.07. The molecule has 5 heteroatoms. The summed E-state index contributed by atoms with van der Waals surface area (Å²) in [5.74, 6) is 0. The lowest BCUT2D eigenvalue weighted by Gasteiger charge is -2.29. The quantitative estimate of drug-likeness (QED) is 0.607. The predicted molar refractivity (Wildman–Crippen MR) is 63.0 cm³/mol. The van der Waals surface area contributed by atoms with Gasteiger partial charge >= 0.3 is 7.75 Å². The lowest BCUT2D eigenvalue weighted by Crippen LogP contribution is -2.26. The molecule has 0 aliphatic rings. The monoisotopic (exact) mass is 237 g/mol. The highest BCUT2D eigenvalue weighted by Crippen LogP contribution is 2.52. The van der Waals surface area contributed by atoms with Crippen molar-refractivity contribution in [2.24, 2.45) is 0 Å². The summed E-state index contributed by atoms with van der Waals surface area (Å²) in [6.45, 7) is 8.85. The molecular weight excluding hydrogens is 213 g/mol. The second-order valence-electron chi connectivity index (χ2n) is 3.80. The van der Waals surface area contributed by atoms with Crippen LogP contribution >= 0.6 is 7.75 Å². The molecule has 15 heavy (non-hydrogen) atoms. The smallest absolute Gasteiger partial charge is 0.297 e. The van der Waals surface area contributed by atoms with Crippen LogP contribution in [-0.4, -0.2) is 31.0 Å². The first-order valence-corrected chi connectivity index (χ1v) is 7.09. The second-order valence-corrected chi connectivity index (χ2v) is 5.89. The molecule has 0 unspecified atom stereocenters. The summed E-state index contributed by atoms with van der Waals surface area (Å²) in [6, 6.07) is 0.143. The van der Waals surface area contributed by atoms with Gasteiger partial charge in [0.25, 0.3) is 0 Å². The number of hydrogen-bond acceptors (Lipinski definition) is 3. The molecule has 0 aliphatic carbocycles. The number of hydrogen-bond donors (Lipinski definition) is 0. The average Bonchev–Trinajstić information content (AvgIpc) is 2.22. The van der Waals surface area contributed by atoms with Crippen molar-refractivity contribution in [3.8, 4) is 0 Å². The fraction of sp³-hybridized carbons (Fsp3) is 1.00. The molecule has 0 aromatic heterocycles. The Kier molecular flexibility index (Phi) is 7.45. The third kappa shape index (κ3) is 5.12. The van der Waals surface area contributed by atoms with E-state index in [0.717, 1.165) is 12.8 Å². The van der Waals surface area contributed by atoms with Crippen molar-refractivity contribution < 1.29 is 13.6 Å². The van der Waals surface area contributed by atoms with Gasteiger partial charge in [-0.2, -0.15) is 0 Å². The molecule has 0 N–H and O–H groups in total. The Labute approximate surface area is 93.5 Å². The average molecular weight is 237 g/mol. The van der Waals surface area contributed by atoms with Crippen molar-refractivity contribution in [3.63, 3.8) is 0 Å². The molecule has 0 aliphatic heterocycles. The first-order chi connectivity index (χ1) is 6.98. The summed E-state index contributed by atoms with van der Waals surface area (Å²) >= 11 is 0. The highest BCUT2D eigenvalue weighted by Gasteiger charge is 2.32. The van der Waals surface area contributed by atoms with Crippen LogP contribution in [0.1, 0.15) is 40.5 Å². The molecule has 0 heterocycles. The van der Waals surface area contributed by atoms with Crippen molar-refractivity contribution in [2.45, 2.75) is 46.6 Å². The van der Waals surface area contributed by atoms with Gasteiger partial charge in [-0.1, -0.05) is 13.8 Å². The molecule has 0 aromatic rings. The van der Waals surface area contributed by atoms with Crippen LogP contribution in [0.5, 0.6) is 0 Å². The van der Waals surface area contributed by atoms with E-state index < -0.39 is 7.75 Å². The van der Waals surface area contributed by atoms with Gasteiger partial charge in [0, 0.05) is 6.04 Å². The third-order valence-corrected chi connectivity index (χ3v) is 4.30. The van der Waals surface area contributed by atoms with Gasteiger partial charge in [-0.05, 0) is 33.7 Å². The maximum absolute atomic E-state index is 12.4. The van der Waals surface area contributed by atoms with Crippen LogP contribution in [0, 0.1) is 0 Å². The maximum Gasteiger partial charge on any atom is 0.408 e. The zero-order valence-corrected chi connectivity index (χ0v) is 11.4. The minimum Gasteiger partial charge on any atom is -0.297 e. The lowest BCUT2D eigenvalue weighted by atomic mass is 10.4. The predicted octanol–water partition coefficient (Wildman–Crippen LogP) is 3.29. The Morgan fingerprint density at radius 3 is 1.80 bits per heavy atom. The van der Waals surface area contributed by atoms with Crippen LogP contribution in [0.4, 0.5) is 0 Å². The maximum atomic E-state index is 12.4. The Morgan fingerprint density at radius 2 is 1.53 bits per heavy atom. The first kappa shape index (κ1) is 15.1. The van der Waals surface area contributed by atoms with Crippen LogP contribution in [0.2, 0.25) is 0 Å². The summed E-state index contributed by atoms with van der Waals surface area (Å²) < 4.78 is 24.8. The van der Waals surface area contributed by atoms with E-state index in [1.54, 1.807) is 11.7 Å². The van der Waals surface area contributed by atoms with Crippen molar-refractivity contribution in [3.05, 3.63) is 0 Å². The molecular formula is C10H24NO3P. The van der Waals surface area contributed by atoms with Crippen molar-refractivity contribution in [1.82, 2.24) is 4.67 Å². The molecule has 0 rings (SSSR count). The molecule has 0 saturated carbocycles. The first-order valence-electron chi connectivity index (χ1n) is 5.60. The van der Waals surface area contributed by atoms with E-state index in [4.69, 9.17) is 9.05 Å². The third-order valence-electron chi connectivity index (χ3n) is 2.05. The lowest BCUT2D eigenvalue weighted by molar-refractivity contribution is 0.155. The Balaban J connectivity index is 4.46. The summed E-state index contributed by atoms with van der Waals surface area (Å²) in [5, 5.41) is 0. The van der Waals surface area contributed by atoms with Gasteiger partial charge in [-0.3, -0.25) is 9.05 Å². The molecule has 0 atom stereocenters. The topological polar surface area (TPSA) is 38.8 Å². The number of nitrogens with zero attached hydrogens (tertiary/aromatic N) is 1. The van der Waals surface area contributed by atoms with Crippen LogP contribution < -0.4 is 0 Å². The number of rotatable bonds is 8. The standard InChI is InChI=1S/C10H24NO3P/c1-6-8-13-15(12,14-9-7-2)11(5)10(3)4/h10H,6-9H2,1-5H3. The van der Waals surface area contributed by atoms with Gasteiger partial charge in [-0.15, -0.1) is 0 Å². The molecule has 4 nitrogen and oxygen atoms in total. The van der Waals surface area contributed by atoms with E-state index in [2.05, 4.69) is 0 Å². The summed E-state index contributed by atoms with van der Waals surface area (Å²) in [4.78, 5) is 0. The van der Waals surface area contributed by atoms with E-state index in [9.17, 15) is 4.57 Å². The molecule has 0 bridgehead atoms. The van der Waals surface area contributed by atoms with E-state index in [1.165, 1.54) is 0 Å². The van der Waals surface area contributed by atoms with Crippen molar-refractivity contribution in [2.75, 3.05) is 20.3 Å². The fourth-order valence-corrected chi connectivity index (χ4v) is 2.75. The van der Waals surface area contributed by atoms with Crippen LogP contribution in [0.3, 0.4) is 0 Å². The van der Waals surface area contributed by atoms with Gasteiger partial charge in [0.1, 0.15) is 0 Å². The molecule has 0 fully saturated rings. The van der Waals surface area contributed by atoms with Gasteiger partial charge < -0.3 is 0 Å². The fourth-order valence-electron chi connectivity index (χ4n) is 0.916.